The monoisotopic (exact) mass is 394 g/mol. The van der Waals surface area contributed by atoms with Gasteiger partial charge in [0.1, 0.15) is 5.76 Å². The lowest BCUT2D eigenvalue weighted by molar-refractivity contribution is -0.171. The standard InChI is InChI=1S/C20H21F3N2O3/c21-20(22,23)19(27)25(15-10-5-2-6-11-15)17(16-12-7-13-28-16)18(26)24-14-8-3-1-4-9-14/h2,5-7,10-14,17H,1,3-4,8-9H2,(H,24,26). The van der Waals surface area contributed by atoms with Gasteiger partial charge in [-0.15, -0.1) is 0 Å². The van der Waals surface area contributed by atoms with Gasteiger partial charge in [-0.3, -0.25) is 14.5 Å². The van der Waals surface area contributed by atoms with Crippen molar-refractivity contribution in [1.29, 1.82) is 0 Å². The van der Waals surface area contributed by atoms with Crippen LogP contribution in [0.1, 0.15) is 43.9 Å². The van der Waals surface area contributed by atoms with Crippen molar-refractivity contribution in [3.63, 3.8) is 0 Å². The summed E-state index contributed by atoms with van der Waals surface area (Å²) in [4.78, 5) is 25.8. The van der Waals surface area contributed by atoms with Crippen molar-refractivity contribution < 1.29 is 27.2 Å². The van der Waals surface area contributed by atoms with Crippen LogP contribution in [0.5, 0.6) is 0 Å². The normalized spacial score (nSPS) is 16.4. The molecule has 2 amide bonds. The first-order chi connectivity index (χ1) is 13.4. The number of carbonyl (C=O) groups excluding carboxylic acids is 2. The van der Waals surface area contributed by atoms with E-state index in [-0.39, 0.29) is 17.5 Å². The summed E-state index contributed by atoms with van der Waals surface area (Å²) >= 11 is 0. The molecule has 0 aliphatic heterocycles. The van der Waals surface area contributed by atoms with Crippen LogP contribution in [-0.4, -0.2) is 24.0 Å². The summed E-state index contributed by atoms with van der Waals surface area (Å²) in [6.45, 7) is 0. The molecule has 1 atom stereocenters. The van der Waals surface area contributed by atoms with Crippen molar-refractivity contribution >= 4 is 17.5 Å². The van der Waals surface area contributed by atoms with E-state index in [2.05, 4.69) is 5.32 Å². The number of hydrogen-bond acceptors (Lipinski definition) is 3. The second kappa shape index (κ2) is 8.50. The molecule has 1 fully saturated rings. The molecule has 2 aromatic rings. The van der Waals surface area contributed by atoms with Crippen molar-refractivity contribution in [3.05, 3.63) is 54.5 Å². The molecule has 1 aliphatic rings. The largest absolute Gasteiger partial charge is 0.471 e. The zero-order valence-electron chi connectivity index (χ0n) is 15.1. The fraction of sp³-hybridized carbons (Fsp3) is 0.400. The maximum atomic E-state index is 13.4. The highest BCUT2D eigenvalue weighted by molar-refractivity contribution is 6.03. The highest BCUT2D eigenvalue weighted by Crippen LogP contribution is 2.33. The molecule has 1 aromatic heterocycles. The molecule has 1 unspecified atom stereocenters. The van der Waals surface area contributed by atoms with Crippen LogP contribution in [0.15, 0.2) is 53.1 Å². The summed E-state index contributed by atoms with van der Waals surface area (Å²) < 4.78 is 45.3. The second-order valence-corrected chi connectivity index (χ2v) is 6.77. The summed E-state index contributed by atoms with van der Waals surface area (Å²) in [5, 5.41) is 2.80. The van der Waals surface area contributed by atoms with E-state index >= 15 is 0 Å². The van der Waals surface area contributed by atoms with Gasteiger partial charge in [0.05, 0.1) is 6.26 Å². The minimum atomic E-state index is -5.15. The number of nitrogens with zero attached hydrogens (tertiary/aromatic N) is 1. The van der Waals surface area contributed by atoms with Gasteiger partial charge in [-0.1, -0.05) is 37.5 Å². The molecular formula is C20H21F3N2O3. The van der Waals surface area contributed by atoms with Crippen LogP contribution in [0.25, 0.3) is 0 Å². The third-order valence-electron chi connectivity index (χ3n) is 4.77. The Morgan fingerprint density at radius 3 is 2.29 bits per heavy atom. The molecule has 3 rings (SSSR count). The van der Waals surface area contributed by atoms with Gasteiger partial charge in [-0.25, -0.2) is 0 Å². The van der Waals surface area contributed by atoms with Crippen molar-refractivity contribution in [1.82, 2.24) is 5.32 Å². The number of nitrogens with one attached hydrogen (secondary N) is 1. The number of halogens is 3. The molecule has 1 heterocycles. The first kappa shape index (κ1) is 20.0. The summed E-state index contributed by atoms with van der Waals surface area (Å²) in [5.41, 5.74) is -0.0370. The van der Waals surface area contributed by atoms with Gasteiger partial charge in [0.25, 0.3) is 5.91 Å². The molecule has 0 saturated heterocycles. The van der Waals surface area contributed by atoms with Crippen LogP contribution < -0.4 is 10.2 Å². The lowest BCUT2D eigenvalue weighted by atomic mass is 9.95. The summed E-state index contributed by atoms with van der Waals surface area (Å²) in [6, 6.07) is 8.51. The summed E-state index contributed by atoms with van der Waals surface area (Å²) in [5.74, 6) is -2.85. The van der Waals surface area contributed by atoms with Crippen LogP contribution in [0.3, 0.4) is 0 Å². The second-order valence-electron chi connectivity index (χ2n) is 6.77. The minimum absolute atomic E-state index is 0.0326. The quantitative estimate of drug-likeness (QED) is 0.819. The first-order valence-electron chi connectivity index (χ1n) is 9.17. The van der Waals surface area contributed by atoms with Gasteiger partial charge < -0.3 is 9.73 Å². The fourth-order valence-electron chi connectivity index (χ4n) is 3.46. The zero-order chi connectivity index (χ0) is 20.1. The molecule has 0 bridgehead atoms. The van der Waals surface area contributed by atoms with E-state index in [1.54, 1.807) is 6.07 Å². The van der Waals surface area contributed by atoms with E-state index in [9.17, 15) is 22.8 Å². The Morgan fingerprint density at radius 2 is 1.71 bits per heavy atom. The first-order valence-corrected chi connectivity index (χ1v) is 9.17. The maximum absolute atomic E-state index is 13.4. The molecular weight excluding hydrogens is 373 g/mol. The van der Waals surface area contributed by atoms with Crippen LogP contribution in [0.2, 0.25) is 0 Å². The van der Waals surface area contributed by atoms with Gasteiger partial charge in [0.15, 0.2) is 6.04 Å². The van der Waals surface area contributed by atoms with E-state index in [4.69, 9.17) is 4.42 Å². The van der Waals surface area contributed by atoms with E-state index in [0.29, 0.717) is 4.90 Å². The molecule has 1 aromatic carbocycles. The molecule has 0 spiro atoms. The molecule has 8 heteroatoms. The number of amides is 2. The number of carbonyl (C=O) groups is 2. The topological polar surface area (TPSA) is 62.6 Å². The molecule has 1 aliphatic carbocycles. The predicted octanol–water partition coefficient (Wildman–Crippen LogP) is 4.37. The zero-order valence-corrected chi connectivity index (χ0v) is 15.1. The Balaban J connectivity index is 1.99. The van der Waals surface area contributed by atoms with Crippen molar-refractivity contribution in [2.75, 3.05) is 4.90 Å². The Morgan fingerprint density at radius 1 is 1.04 bits per heavy atom. The molecule has 0 radical (unpaired) electrons. The van der Waals surface area contributed by atoms with Crippen LogP contribution >= 0.6 is 0 Å². The Kier molecular flexibility index (Phi) is 6.06. The average Bonchev–Trinajstić information content (AvgIpc) is 3.20. The van der Waals surface area contributed by atoms with Gasteiger partial charge in [-0.05, 0) is 37.1 Å². The molecule has 150 valence electrons. The SMILES string of the molecule is O=C(NC1CCCCC1)C(c1ccco1)N(C(=O)C(F)(F)F)c1ccccc1. The molecule has 28 heavy (non-hydrogen) atoms. The van der Waals surface area contributed by atoms with E-state index in [1.807, 2.05) is 0 Å². The predicted molar refractivity (Wildman–Crippen MR) is 96.4 cm³/mol. The van der Waals surface area contributed by atoms with E-state index in [0.717, 1.165) is 32.1 Å². The highest BCUT2D eigenvalue weighted by atomic mass is 19.4. The molecule has 1 saturated carbocycles. The molecule has 1 N–H and O–H groups in total. The number of hydrogen-bond donors (Lipinski definition) is 1. The Bertz CT molecular complexity index is 785. The van der Waals surface area contributed by atoms with Crippen molar-refractivity contribution in [3.8, 4) is 0 Å². The Labute approximate surface area is 160 Å². The lowest BCUT2D eigenvalue weighted by Crippen LogP contribution is -2.50. The minimum Gasteiger partial charge on any atom is -0.467 e. The van der Waals surface area contributed by atoms with Crippen molar-refractivity contribution in [2.24, 2.45) is 0 Å². The van der Waals surface area contributed by atoms with Crippen LogP contribution in [0, 0.1) is 0 Å². The average molecular weight is 394 g/mol. The summed E-state index contributed by atoms with van der Waals surface area (Å²) in [7, 11) is 0. The number of anilines is 1. The number of para-hydroxylation sites is 1. The van der Waals surface area contributed by atoms with E-state index in [1.165, 1.54) is 42.7 Å². The summed E-state index contributed by atoms with van der Waals surface area (Å²) in [6.07, 6.45) is 0.588. The lowest BCUT2D eigenvalue weighted by Gasteiger charge is -2.32. The van der Waals surface area contributed by atoms with Gasteiger partial charge in [-0.2, -0.15) is 13.2 Å². The number of rotatable bonds is 5. The number of benzene rings is 1. The van der Waals surface area contributed by atoms with E-state index < -0.39 is 24.0 Å². The number of furan rings is 1. The number of alkyl halides is 3. The highest BCUT2D eigenvalue weighted by Gasteiger charge is 2.48. The van der Waals surface area contributed by atoms with Crippen LogP contribution in [-0.2, 0) is 9.59 Å². The third-order valence-corrected chi connectivity index (χ3v) is 4.77. The van der Waals surface area contributed by atoms with Gasteiger partial charge >= 0.3 is 12.1 Å². The Hall–Kier alpha value is -2.77. The van der Waals surface area contributed by atoms with Gasteiger partial charge in [0, 0.05) is 11.7 Å². The fourth-order valence-corrected chi connectivity index (χ4v) is 3.46. The van der Waals surface area contributed by atoms with Crippen molar-refractivity contribution in [2.45, 2.75) is 50.4 Å². The third kappa shape index (κ3) is 4.55. The smallest absolute Gasteiger partial charge is 0.467 e. The van der Waals surface area contributed by atoms with Crippen LogP contribution in [0.4, 0.5) is 18.9 Å². The van der Waals surface area contributed by atoms with Gasteiger partial charge in [0.2, 0.25) is 0 Å². The maximum Gasteiger partial charge on any atom is 0.471 e. The molecule has 5 nitrogen and oxygen atoms in total.